The molecule has 5 heterocycles. The predicted molar refractivity (Wildman–Crippen MR) is 135 cm³/mol. The number of piperidine rings is 2. The Kier molecular flexibility index (Phi) is 5.59. The summed E-state index contributed by atoms with van der Waals surface area (Å²) < 4.78 is 6.01. The Balaban J connectivity index is 1.12. The van der Waals surface area contributed by atoms with Crippen molar-refractivity contribution in [2.75, 3.05) is 37.0 Å². The summed E-state index contributed by atoms with van der Waals surface area (Å²) in [5.74, 6) is 2.74. The van der Waals surface area contributed by atoms with Gasteiger partial charge in [-0.3, -0.25) is 9.78 Å². The molecule has 2 unspecified atom stereocenters. The number of aliphatic imine (C=N–C) groups is 1. The zero-order chi connectivity index (χ0) is 23.1. The highest BCUT2D eigenvalue weighted by molar-refractivity contribution is 8.02. The zero-order valence-electron chi connectivity index (χ0n) is 19.4. The molecule has 1 aromatic heterocycles. The fourth-order valence-corrected chi connectivity index (χ4v) is 6.23. The minimum Gasteiger partial charge on any atom is -0.471 e. The third-order valence-electron chi connectivity index (χ3n) is 7.61. The number of aromatic nitrogens is 2. The first-order chi connectivity index (χ1) is 16.6. The number of carbonyl (C=O) groups is 1. The van der Waals surface area contributed by atoms with Gasteiger partial charge in [0.1, 0.15) is 23.7 Å². The lowest BCUT2D eigenvalue weighted by atomic mass is 9.71. The Morgan fingerprint density at radius 2 is 2.00 bits per heavy atom. The molecule has 4 aliphatic rings. The van der Waals surface area contributed by atoms with Crippen LogP contribution in [0.3, 0.4) is 0 Å². The molecular weight excluding hydrogens is 448 g/mol. The third-order valence-corrected chi connectivity index (χ3v) is 8.33. The minimum absolute atomic E-state index is 0.0182. The van der Waals surface area contributed by atoms with E-state index in [0.29, 0.717) is 18.3 Å². The topological polar surface area (TPSA) is 82.9 Å². The van der Waals surface area contributed by atoms with Gasteiger partial charge in [-0.1, -0.05) is 12.1 Å². The third kappa shape index (κ3) is 3.89. The van der Waals surface area contributed by atoms with Crippen molar-refractivity contribution in [3.8, 4) is 0 Å². The molecule has 6 rings (SSSR count). The quantitative estimate of drug-likeness (QED) is 0.723. The van der Waals surface area contributed by atoms with Crippen molar-refractivity contribution >= 4 is 40.4 Å². The summed E-state index contributed by atoms with van der Waals surface area (Å²) in [7, 11) is 0. The van der Waals surface area contributed by atoms with Crippen LogP contribution in [0.2, 0.25) is 0 Å². The predicted octanol–water partition coefficient (Wildman–Crippen LogP) is 3.16. The second-order valence-electron chi connectivity index (χ2n) is 9.68. The second-order valence-corrected chi connectivity index (χ2v) is 10.5. The number of fused-ring (bicyclic) bond motifs is 1. The largest absolute Gasteiger partial charge is 0.471 e. The van der Waals surface area contributed by atoms with Crippen molar-refractivity contribution in [2.24, 2.45) is 10.4 Å². The van der Waals surface area contributed by atoms with E-state index in [1.165, 1.54) is 0 Å². The Labute approximate surface area is 203 Å². The van der Waals surface area contributed by atoms with Crippen LogP contribution >= 0.6 is 11.8 Å². The number of hydrogen-bond donors (Lipinski definition) is 1. The van der Waals surface area contributed by atoms with Gasteiger partial charge in [-0.2, -0.15) is 0 Å². The molecule has 0 saturated carbocycles. The summed E-state index contributed by atoms with van der Waals surface area (Å²) in [6, 6.07) is 7.93. The molecule has 1 N–H and O–H groups in total. The summed E-state index contributed by atoms with van der Waals surface area (Å²) in [5, 5.41) is 5.36. The Morgan fingerprint density at radius 1 is 1.18 bits per heavy atom. The molecule has 0 radical (unpaired) electrons. The summed E-state index contributed by atoms with van der Waals surface area (Å²) in [6.45, 7) is 5.15. The number of rotatable bonds is 4. The molecule has 2 atom stereocenters. The summed E-state index contributed by atoms with van der Waals surface area (Å²) >= 11 is 1.71. The van der Waals surface area contributed by atoms with Crippen LogP contribution in [0, 0.1) is 5.41 Å². The SMILES string of the molecule is CC1OC(C2=CSCN2)=NC1CN1CCCC2(CCN(c3cnc4ccccc4n3)CC2)C1=O. The number of hydrogen-bond acceptors (Lipinski definition) is 8. The van der Waals surface area contributed by atoms with Crippen LogP contribution in [0.25, 0.3) is 11.0 Å². The molecule has 1 spiro atoms. The van der Waals surface area contributed by atoms with Crippen LogP contribution in [-0.4, -0.2) is 70.9 Å². The molecule has 0 bridgehead atoms. The average molecular weight is 479 g/mol. The maximum absolute atomic E-state index is 13.7. The molecule has 1 amide bonds. The van der Waals surface area contributed by atoms with Crippen LogP contribution in [0.5, 0.6) is 0 Å². The van der Waals surface area contributed by atoms with Crippen LogP contribution in [0.15, 0.2) is 46.6 Å². The number of carbonyl (C=O) groups excluding carboxylic acids is 1. The molecule has 0 aliphatic carbocycles. The van der Waals surface area contributed by atoms with Gasteiger partial charge < -0.3 is 19.9 Å². The summed E-state index contributed by atoms with van der Waals surface area (Å²) in [5.41, 5.74) is 2.52. The van der Waals surface area contributed by atoms with Gasteiger partial charge in [0.25, 0.3) is 0 Å². The smallest absolute Gasteiger partial charge is 0.234 e. The first-order valence-corrected chi connectivity index (χ1v) is 13.2. The first kappa shape index (κ1) is 21.7. The molecule has 178 valence electrons. The van der Waals surface area contributed by atoms with Crippen molar-refractivity contribution in [3.05, 3.63) is 41.6 Å². The number of anilines is 1. The lowest BCUT2D eigenvalue weighted by Crippen LogP contribution is -2.55. The molecule has 2 saturated heterocycles. The normalized spacial score (nSPS) is 26.4. The molecule has 34 heavy (non-hydrogen) atoms. The van der Waals surface area contributed by atoms with E-state index in [1.807, 2.05) is 30.5 Å². The van der Waals surface area contributed by atoms with Gasteiger partial charge in [-0.15, -0.1) is 11.8 Å². The molecule has 2 fully saturated rings. The standard InChI is InChI=1S/C25H30N6O2S/c1-17-20(29-23(33-17)21-15-34-16-27-21)14-31-10-4-7-25(24(31)32)8-11-30(12-9-25)22-13-26-18-5-2-3-6-19(18)28-22/h2-3,5-6,13,15,17,20,27H,4,7-12,14,16H2,1H3. The van der Waals surface area contributed by atoms with Crippen LogP contribution in [0.1, 0.15) is 32.6 Å². The van der Waals surface area contributed by atoms with Gasteiger partial charge in [0.15, 0.2) is 0 Å². The van der Waals surface area contributed by atoms with Gasteiger partial charge >= 0.3 is 0 Å². The van der Waals surface area contributed by atoms with E-state index in [0.717, 1.165) is 73.7 Å². The minimum atomic E-state index is -0.263. The van der Waals surface area contributed by atoms with Crippen molar-refractivity contribution < 1.29 is 9.53 Å². The van der Waals surface area contributed by atoms with Gasteiger partial charge in [0, 0.05) is 31.6 Å². The number of amides is 1. The van der Waals surface area contributed by atoms with E-state index in [4.69, 9.17) is 14.7 Å². The fourth-order valence-electron chi connectivity index (χ4n) is 5.55. The second kappa shape index (κ2) is 8.76. The maximum Gasteiger partial charge on any atom is 0.234 e. The summed E-state index contributed by atoms with van der Waals surface area (Å²) in [4.78, 5) is 32.3. The molecule has 4 aliphatic heterocycles. The van der Waals surface area contributed by atoms with E-state index in [1.54, 1.807) is 11.8 Å². The number of benzene rings is 1. The van der Waals surface area contributed by atoms with Crippen molar-refractivity contribution in [1.82, 2.24) is 20.2 Å². The zero-order valence-corrected chi connectivity index (χ0v) is 20.3. The number of nitrogens with zero attached hydrogens (tertiary/aromatic N) is 5. The fraction of sp³-hybridized carbons (Fsp3) is 0.520. The number of ether oxygens (including phenoxy) is 1. The van der Waals surface area contributed by atoms with E-state index < -0.39 is 0 Å². The lowest BCUT2D eigenvalue weighted by Gasteiger charge is -2.47. The van der Waals surface area contributed by atoms with Gasteiger partial charge in [0.2, 0.25) is 11.8 Å². The lowest BCUT2D eigenvalue weighted by molar-refractivity contribution is -0.148. The van der Waals surface area contributed by atoms with Crippen LogP contribution in [-0.2, 0) is 9.53 Å². The van der Waals surface area contributed by atoms with Gasteiger partial charge in [-0.05, 0) is 44.7 Å². The first-order valence-electron chi connectivity index (χ1n) is 12.2. The Hall–Kier alpha value is -2.81. The molecule has 8 nitrogen and oxygen atoms in total. The highest BCUT2D eigenvalue weighted by Gasteiger charge is 2.47. The van der Waals surface area contributed by atoms with Gasteiger partial charge in [0.05, 0.1) is 28.5 Å². The van der Waals surface area contributed by atoms with E-state index >= 15 is 0 Å². The number of nitrogens with one attached hydrogen (secondary N) is 1. The summed E-state index contributed by atoms with van der Waals surface area (Å²) in [6.07, 6.45) is 5.57. The van der Waals surface area contributed by atoms with E-state index in [2.05, 4.69) is 32.4 Å². The molecule has 2 aromatic rings. The van der Waals surface area contributed by atoms with E-state index in [9.17, 15) is 4.79 Å². The van der Waals surface area contributed by atoms with Crippen LogP contribution < -0.4 is 10.2 Å². The highest BCUT2D eigenvalue weighted by Crippen LogP contribution is 2.42. The average Bonchev–Trinajstić information content (AvgIpc) is 3.53. The Bertz CT molecular complexity index is 1160. The number of likely N-dealkylation sites (tertiary alicyclic amines) is 1. The number of para-hydroxylation sites is 2. The van der Waals surface area contributed by atoms with Crippen molar-refractivity contribution in [1.29, 1.82) is 0 Å². The monoisotopic (exact) mass is 478 g/mol. The van der Waals surface area contributed by atoms with Crippen molar-refractivity contribution in [2.45, 2.75) is 44.8 Å². The van der Waals surface area contributed by atoms with E-state index in [-0.39, 0.29) is 17.6 Å². The van der Waals surface area contributed by atoms with Gasteiger partial charge in [-0.25, -0.2) is 9.98 Å². The molecule has 1 aromatic carbocycles. The van der Waals surface area contributed by atoms with Crippen LogP contribution in [0.4, 0.5) is 5.82 Å². The Morgan fingerprint density at radius 3 is 2.79 bits per heavy atom. The number of thioether (sulfide) groups is 1. The molecule has 9 heteroatoms. The maximum atomic E-state index is 13.7. The molecular formula is C25H30N6O2S. The van der Waals surface area contributed by atoms with Crippen molar-refractivity contribution in [3.63, 3.8) is 0 Å². The highest BCUT2D eigenvalue weighted by atomic mass is 32.2.